The van der Waals surface area contributed by atoms with Crippen molar-refractivity contribution in [1.82, 2.24) is 24.8 Å². The van der Waals surface area contributed by atoms with Crippen LogP contribution in [0, 0.1) is 0 Å². The van der Waals surface area contributed by atoms with Crippen LogP contribution in [0.5, 0.6) is 0 Å². The first-order chi connectivity index (χ1) is 12.8. The lowest BCUT2D eigenvalue weighted by Crippen LogP contribution is -2.31. The molecule has 26 heavy (non-hydrogen) atoms. The highest BCUT2D eigenvalue weighted by Gasteiger charge is 2.40. The van der Waals surface area contributed by atoms with Crippen LogP contribution in [0.3, 0.4) is 0 Å². The summed E-state index contributed by atoms with van der Waals surface area (Å²) in [6.45, 7) is 3.07. The van der Waals surface area contributed by atoms with Gasteiger partial charge in [-0.2, -0.15) is 0 Å². The molecular formula is C20H21N5S. The zero-order valence-corrected chi connectivity index (χ0v) is 15.4. The monoisotopic (exact) mass is 363 g/mol. The molecule has 4 rings (SSSR count). The third kappa shape index (κ3) is 2.97. The summed E-state index contributed by atoms with van der Waals surface area (Å²) in [6, 6.07) is 16.2. The second-order valence-corrected chi connectivity index (χ2v) is 6.70. The van der Waals surface area contributed by atoms with E-state index in [1.807, 2.05) is 42.7 Å². The van der Waals surface area contributed by atoms with E-state index >= 15 is 0 Å². The first-order valence-electron chi connectivity index (χ1n) is 8.86. The minimum absolute atomic E-state index is 0.00705. The first-order valence-corrected chi connectivity index (χ1v) is 9.27. The summed E-state index contributed by atoms with van der Waals surface area (Å²) >= 11 is 5.66. The van der Waals surface area contributed by atoms with E-state index in [1.54, 1.807) is 0 Å². The molecule has 3 aromatic rings. The van der Waals surface area contributed by atoms with Crippen molar-refractivity contribution < 1.29 is 0 Å². The zero-order chi connectivity index (χ0) is 17.9. The highest BCUT2D eigenvalue weighted by molar-refractivity contribution is 7.80. The number of rotatable bonds is 5. The third-order valence-electron chi connectivity index (χ3n) is 4.64. The van der Waals surface area contributed by atoms with Gasteiger partial charge in [0.1, 0.15) is 5.82 Å². The molecule has 1 saturated heterocycles. The lowest BCUT2D eigenvalue weighted by molar-refractivity contribution is 0.308. The largest absolute Gasteiger partial charge is 0.352 e. The number of nitrogens with zero attached hydrogens (tertiary/aromatic N) is 4. The van der Waals surface area contributed by atoms with E-state index in [4.69, 9.17) is 12.2 Å². The zero-order valence-electron chi connectivity index (χ0n) is 14.6. The smallest absolute Gasteiger partial charge is 0.170 e. The maximum Gasteiger partial charge on any atom is 0.170 e. The van der Waals surface area contributed by atoms with E-state index in [0.717, 1.165) is 35.3 Å². The molecule has 1 N–H and O–H groups in total. The Bertz CT molecular complexity index is 877. The van der Waals surface area contributed by atoms with Crippen molar-refractivity contribution in [1.29, 1.82) is 0 Å². The minimum atomic E-state index is 0.00705. The molecule has 3 aromatic heterocycles. The Kier molecular flexibility index (Phi) is 4.67. The van der Waals surface area contributed by atoms with Crippen molar-refractivity contribution in [2.45, 2.75) is 25.4 Å². The van der Waals surface area contributed by atoms with Crippen LogP contribution >= 0.6 is 12.2 Å². The molecule has 5 nitrogen and oxygen atoms in total. The maximum atomic E-state index is 5.66. The van der Waals surface area contributed by atoms with Gasteiger partial charge in [0, 0.05) is 30.8 Å². The van der Waals surface area contributed by atoms with Crippen molar-refractivity contribution in [3.05, 3.63) is 78.5 Å². The highest BCUT2D eigenvalue weighted by Crippen LogP contribution is 2.39. The number of hydrogen-bond acceptors (Lipinski definition) is 3. The van der Waals surface area contributed by atoms with E-state index in [1.165, 1.54) is 0 Å². The standard InChI is InChI=1S/C20H21N5S/c1-2-13-25-19(18(23-20(25)26)15-8-3-5-11-21-15)16-9-7-14-24(16)17-10-4-6-12-22-17/h3-12,14,18-19H,2,13H2,1H3,(H,23,26)/t18-,19+/m1/s1. The fourth-order valence-corrected chi connectivity index (χ4v) is 3.88. The van der Waals surface area contributed by atoms with Gasteiger partial charge in [0.05, 0.1) is 17.8 Å². The van der Waals surface area contributed by atoms with Gasteiger partial charge in [0.2, 0.25) is 0 Å². The molecule has 132 valence electrons. The van der Waals surface area contributed by atoms with E-state index in [2.05, 4.69) is 56.1 Å². The minimum Gasteiger partial charge on any atom is -0.352 e. The van der Waals surface area contributed by atoms with Crippen molar-refractivity contribution in [3.8, 4) is 5.82 Å². The van der Waals surface area contributed by atoms with Crippen LogP contribution in [-0.2, 0) is 0 Å². The molecule has 0 bridgehead atoms. The summed E-state index contributed by atoms with van der Waals surface area (Å²) in [5.41, 5.74) is 2.15. The molecule has 0 saturated carbocycles. The molecule has 6 heteroatoms. The average Bonchev–Trinajstić information content (AvgIpc) is 3.28. The number of thiocarbonyl (C=S) groups is 1. The summed E-state index contributed by atoms with van der Waals surface area (Å²) in [5, 5.41) is 4.26. The number of aromatic nitrogens is 3. The molecule has 1 aliphatic heterocycles. The van der Waals surface area contributed by atoms with Gasteiger partial charge in [-0.3, -0.25) is 4.98 Å². The van der Waals surface area contributed by atoms with Crippen LogP contribution in [0.15, 0.2) is 67.1 Å². The van der Waals surface area contributed by atoms with E-state index in [-0.39, 0.29) is 12.1 Å². The van der Waals surface area contributed by atoms with Crippen LogP contribution in [0.1, 0.15) is 36.8 Å². The molecule has 0 aliphatic carbocycles. The fourth-order valence-electron chi connectivity index (χ4n) is 3.55. The summed E-state index contributed by atoms with van der Waals surface area (Å²) < 4.78 is 2.14. The predicted octanol–water partition coefficient (Wildman–Crippen LogP) is 3.65. The molecule has 0 unspecified atom stereocenters. The SMILES string of the molecule is CCCN1C(=S)N[C@H](c2ccccn2)[C@@H]1c1cccn1-c1ccccn1. The molecule has 1 aliphatic rings. The van der Waals surface area contributed by atoms with Crippen LogP contribution < -0.4 is 5.32 Å². The fraction of sp³-hybridized carbons (Fsp3) is 0.250. The van der Waals surface area contributed by atoms with Crippen molar-refractivity contribution in [3.63, 3.8) is 0 Å². The molecule has 0 amide bonds. The van der Waals surface area contributed by atoms with Gasteiger partial charge >= 0.3 is 0 Å². The highest BCUT2D eigenvalue weighted by atomic mass is 32.1. The Hall–Kier alpha value is -2.73. The number of nitrogens with one attached hydrogen (secondary N) is 1. The Balaban J connectivity index is 1.81. The van der Waals surface area contributed by atoms with Crippen molar-refractivity contribution in [2.24, 2.45) is 0 Å². The number of hydrogen-bond donors (Lipinski definition) is 1. The van der Waals surface area contributed by atoms with Gasteiger partial charge < -0.3 is 14.8 Å². The molecular weight excluding hydrogens is 342 g/mol. The Labute approximate surface area is 158 Å². The van der Waals surface area contributed by atoms with Crippen LogP contribution in [0.2, 0.25) is 0 Å². The Morgan fingerprint density at radius 1 is 1.04 bits per heavy atom. The summed E-state index contributed by atoms with van der Waals surface area (Å²) in [6.07, 6.45) is 6.73. The van der Waals surface area contributed by atoms with Gasteiger partial charge in [0.15, 0.2) is 5.11 Å². The second kappa shape index (κ2) is 7.25. The lowest BCUT2D eigenvalue weighted by Gasteiger charge is -2.28. The average molecular weight is 363 g/mol. The van der Waals surface area contributed by atoms with Gasteiger partial charge in [-0.25, -0.2) is 4.98 Å². The van der Waals surface area contributed by atoms with Gasteiger partial charge in [0.25, 0.3) is 0 Å². The number of pyridine rings is 2. The molecule has 0 radical (unpaired) electrons. The van der Waals surface area contributed by atoms with Crippen molar-refractivity contribution in [2.75, 3.05) is 6.54 Å². The summed E-state index contributed by atoms with van der Waals surface area (Å²) in [5.74, 6) is 0.904. The van der Waals surface area contributed by atoms with Gasteiger partial charge in [-0.05, 0) is 55.0 Å². The molecule has 4 heterocycles. The van der Waals surface area contributed by atoms with Gasteiger partial charge in [-0.15, -0.1) is 0 Å². The molecule has 0 aromatic carbocycles. The maximum absolute atomic E-state index is 5.66. The quantitative estimate of drug-likeness (QED) is 0.701. The van der Waals surface area contributed by atoms with Gasteiger partial charge in [-0.1, -0.05) is 19.1 Å². The van der Waals surface area contributed by atoms with E-state index in [9.17, 15) is 0 Å². The topological polar surface area (TPSA) is 46.0 Å². The van der Waals surface area contributed by atoms with Crippen LogP contribution in [0.25, 0.3) is 5.82 Å². The Morgan fingerprint density at radius 2 is 1.85 bits per heavy atom. The van der Waals surface area contributed by atoms with Crippen LogP contribution in [0.4, 0.5) is 0 Å². The summed E-state index contributed by atoms with van der Waals surface area (Å²) in [4.78, 5) is 11.4. The lowest BCUT2D eigenvalue weighted by atomic mass is 10.0. The first kappa shape index (κ1) is 16.7. The normalized spacial score (nSPS) is 19.6. The molecule has 1 fully saturated rings. The Morgan fingerprint density at radius 3 is 2.54 bits per heavy atom. The predicted molar refractivity (Wildman–Crippen MR) is 106 cm³/mol. The second-order valence-electron chi connectivity index (χ2n) is 6.31. The summed E-state index contributed by atoms with van der Waals surface area (Å²) in [7, 11) is 0. The van der Waals surface area contributed by atoms with Crippen LogP contribution in [-0.4, -0.2) is 31.1 Å². The molecule has 2 atom stereocenters. The van der Waals surface area contributed by atoms with E-state index in [0.29, 0.717) is 0 Å². The van der Waals surface area contributed by atoms with E-state index < -0.39 is 0 Å². The van der Waals surface area contributed by atoms with Crippen molar-refractivity contribution >= 4 is 17.3 Å². The third-order valence-corrected chi connectivity index (χ3v) is 4.99. The molecule has 0 spiro atoms.